The maximum atomic E-state index is 11.6. The zero-order chi connectivity index (χ0) is 13.2. The summed E-state index contributed by atoms with van der Waals surface area (Å²) in [5.74, 6) is -0.600. The molecule has 0 saturated heterocycles. The number of aliphatic hydroxyl groups excluding tert-OH is 1. The second-order valence-electron chi connectivity index (χ2n) is 7.11. The van der Waals surface area contributed by atoms with Gasteiger partial charge in [0, 0.05) is 12.0 Å². The van der Waals surface area contributed by atoms with Gasteiger partial charge >= 0.3 is 5.97 Å². The minimum Gasteiger partial charge on any atom is -0.481 e. The van der Waals surface area contributed by atoms with Crippen molar-refractivity contribution in [3.8, 4) is 0 Å². The lowest BCUT2D eigenvalue weighted by Crippen LogP contribution is -2.41. The van der Waals surface area contributed by atoms with Crippen LogP contribution in [0.3, 0.4) is 0 Å². The van der Waals surface area contributed by atoms with Gasteiger partial charge < -0.3 is 10.2 Å². The smallest absolute Gasteiger partial charge is 0.307 e. The number of carboxylic acid groups (broad SMARTS) is 1. The monoisotopic (exact) mass is 250 g/mol. The topological polar surface area (TPSA) is 57.5 Å². The molecule has 3 aliphatic rings. The fourth-order valence-electron chi connectivity index (χ4n) is 5.68. The first-order valence-corrected chi connectivity index (χ1v) is 6.91. The first-order chi connectivity index (χ1) is 8.40. The van der Waals surface area contributed by atoms with Gasteiger partial charge in [0.2, 0.25) is 0 Å². The highest BCUT2D eigenvalue weighted by Gasteiger charge is 2.71. The van der Waals surface area contributed by atoms with Crippen LogP contribution >= 0.6 is 0 Å². The minimum atomic E-state index is -0.655. The average molecular weight is 250 g/mol. The molecule has 0 aromatic carbocycles. The average Bonchev–Trinajstić information content (AvgIpc) is 2.87. The Bertz CT molecular complexity index is 429. The van der Waals surface area contributed by atoms with Gasteiger partial charge in [-0.05, 0) is 42.4 Å². The number of aliphatic hydroxyl groups is 1. The summed E-state index contributed by atoms with van der Waals surface area (Å²) in [4.78, 5) is 11.6. The summed E-state index contributed by atoms with van der Waals surface area (Å²) >= 11 is 0. The number of allylic oxidation sites excluding steroid dienone is 2. The predicted molar refractivity (Wildman–Crippen MR) is 68.0 cm³/mol. The minimum absolute atomic E-state index is 0.0225. The van der Waals surface area contributed by atoms with Crippen LogP contribution in [0.1, 0.15) is 39.5 Å². The second kappa shape index (κ2) is 3.38. The first-order valence-electron chi connectivity index (χ1n) is 6.91. The van der Waals surface area contributed by atoms with E-state index in [1.165, 1.54) is 0 Å². The van der Waals surface area contributed by atoms with Crippen molar-refractivity contribution in [2.45, 2.75) is 39.5 Å². The van der Waals surface area contributed by atoms with Crippen LogP contribution in [0.2, 0.25) is 0 Å². The van der Waals surface area contributed by atoms with Crippen molar-refractivity contribution in [2.24, 2.45) is 28.1 Å². The molecule has 2 N–H and O–H groups in total. The van der Waals surface area contributed by atoms with E-state index < -0.39 is 5.97 Å². The van der Waals surface area contributed by atoms with Crippen molar-refractivity contribution < 1.29 is 15.0 Å². The highest BCUT2D eigenvalue weighted by Crippen LogP contribution is 2.75. The normalized spacial score (nSPS) is 53.5. The van der Waals surface area contributed by atoms with Crippen molar-refractivity contribution in [3.63, 3.8) is 0 Å². The molecule has 0 amide bonds. The van der Waals surface area contributed by atoms with Crippen LogP contribution in [-0.2, 0) is 4.79 Å². The lowest BCUT2D eigenvalue weighted by atomic mass is 9.61. The zero-order valence-corrected chi connectivity index (χ0v) is 11.1. The third kappa shape index (κ3) is 1.12. The standard InChI is InChI=1S/C15H22O3/c1-13(9-16)8-14(2)6-3-7-15(14)10(12(17)18)4-5-11(13)15/h3,7,10-11,16H,4-6,8-9H2,1-2H3,(H,17,18). The molecule has 0 aromatic heterocycles. The summed E-state index contributed by atoms with van der Waals surface area (Å²) in [6.45, 7) is 4.54. The molecule has 2 fully saturated rings. The van der Waals surface area contributed by atoms with Crippen LogP contribution in [0.15, 0.2) is 12.2 Å². The van der Waals surface area contributed by atoms with Crippen molar-refractivity contribution in [3.05, 3.63) is 12.2 Å². The lowest BCUT2D eigenvalue weighted by Gasteiger charge is -2.41. The Morgan fingerprint density at radius 3 is 2.72 bits per heavy atom. The quantitative estimate of drug-likeness (QED) is 0.740. The summed E-state index contributed by atoms with van der Waals surface area (Å²) in [6, 6.07) is 0. The predicted octanol–water partition coefficient (Wildman–Crippen LogP) is 2.45. The van der Waals surface area contributed by atoms with Crippen molar-refractivity contribution in [1.82, 2.24) is 0 Å². The SMILES string of the molecule is CC1(CO)CC2(C)CC=CC23C(C(=O)O)CCC13. The number of carbonyl (C=O) groups is 1. The second-order valence-corrected chi connectivity index (χ2v) is 7.11. The maximum Gasteiger partial charge on any atom is 0.307 e. The number of hydrogen-bond donors (Lipinski definition) is 2. The number of hydrogen-bond acceptors (Lipinski definition) is 2. The highest BCUT2D eigenvalue weighted by molar-refractivity contribution is 5.73. The molecule has 2 saturated carbocycles. The van der Waals surface area contributed by atoms with E-state index in [4.69, 9.17) is 0 Å². The van der Waals surface area contributed by atoms with E-state index in [0.29, 0.717) is 5.92 Å². The van der Waals surface area contributed by atoms with Crippen LogP contribution in [0, 0.1) is 28.1 Å². The molecule has 0 aliphatic heterocycles. The molecule has 0 aromatic rings. The molecule has 1 spiro atoms. The third-order valence-electron chi connectivity index (χ3n) is 6.20. The van der Waals surface area contributed by atoms with Crippen molar-refractivity contribution in [2.75, 3.05) is 6.61 Å². The number of rotatable bonds is 2. The zero-order valence-electron chi connectivity index (χ0n) is 11.1. The molecule has 100 valence electrons. The Balaban J connectivity index is 2.14. The maximum absolute atomic E-state index is 11.6. The largest absolute Gasteiger partial charge is 0.481 e. The molecule has 5 unspecified atom stereocenters. The van der Waals surface area contributed by atoms with Gasteiger partial charge in [0.1, 0.15) is 0 Å². The van der Waals surface area contributed by atoms with Gasteiger partial charge in [0.05, 0.1) is 5.92 Å². The Labute approximate surface area is 108 Å². The Morgan fingerprint density at radius 2 is 2.11 bits per heavy atom. The van der Waals surface area contributed by atoms with Gasteiger partial charge in [-0.15, -0.1) is 0 Å². The van der Waals surface area contributed by atoms with Gasteiger partial charge in [-0.1, -0.05) is 26.0 Å². The Morgan fingerprint density at radius 1 is 1.39 bits per heavy atom. The Kier molecular flexibility index (Phi) is 2.30. The third-order valence-corrected chi connectivity index (χ3v) is 6.20. The molecular weight excluding hydrogens is 228 g/mol. The fourth-order valence-corrected chi connectivity index (χ4v) is 5.68. The van der Waals surface area contributed by atoms with E-state index in [9.17, 15) is 15.0 Å². The van der Waals surface area contributed by atoms with Crippen LogP contribution in [0.5, 0.6) is 0 Å². The molecule has 0 radical (unpaired) electrons. The van der Waals surface area contributed by atoms with Crippen LogP contribution < -0.4 is 0 Å². The van der Waals surface area contributed by atoms with E-state index in [1.807, 2.05) is 0 Å². The lowest BCUT2D eigenvalue weighted by molar-refractivity contribution is -0.147. The van der Waals surface area contributed by atoms with Crippen molar-refractivity contribution in [1.29, 1.82) is 0 Å². The van der Waals surface area contributed by atoms with Gasteiger partial charge in [0.15, 0.2) is 0 Å². The molecule has 0 heterocycles. The first kappa shape index (κ1) is 12.2. The molecule has 3 nitrogen and oxygen atoms in total. The van der Waals surface area contributed by atoms with Gasteiger partial charge in [-0.25, -0.2) is 0 Å². The van der Waals surface area contributed by atoms with Crippen LogP contribution in [0.25, 0.3) is 0 Å². The van der Waals surface area contributed by atoms with Gasteiger partial charge in [-0.3, -0.25) is 4.79 Å². The summed E-state index contributed by atoms with van der Waals surface area (Å²) in [7, 11) is 0. The molecular formula is C15H22O3. The molecule has 3 heteroatoms. The highest BCUT2D eigenvalue weighted by atomic mass is 16.4. The summed E-state index contributed by atoms with van der Waals surface area (Å²) < 4.78 is 0. The fraction of sp³-hybridized carbons (Fsp3) is 0.800. The summed E-state index contributed by atoms with van der Waals surface area (Å²) in [5.41, 5.74) is -0.297. The summed E-state index contributed by atoms with van der Waals surface area (Å²) in [5, 5.41) is 19.4. The van der Waals surface area contributed by atoms with E-state index in [-0.39, 0.29) is 28.8 Å². The number of carboxylic acids is 1. The summed E-state index contributed by atoms with van der Waals surface area (Å²) in [6.07, 6.45) is 7.96. The van der Waals surface area contributed by atoms with Gasteiger partial charge in [-0.2, -0.15) is 0 Å². The van der Waals surface area contributed by atoms with E-state index in [0.717, 1.165) is 25.7 Å². The Hall–Kier alpha value is -0.830. The van der Waals surface area contributed by atoms with Gasteiger partial charge in [0.25, 0.3) is 0 Å². The molecule has 5 atom stereocenters. The van der Waals surface area contributed by atoms with Crippen molar-refractivity contribution >= 4 is 5.97 Å². The van der Waals surface area contributed by atoms with E-state index in [1.54, 1.807) is 0 Å². The van der Waals surface area contributed by atoms with Crippen LogP contribution in [0.4, 0.5) is 0 Å². The molecule has 0 bridgehead atoms. The van der Waals surface area contributed by atoms with E-state index in [2.05, 4.69) is 26.0 Å². The molecule has 3 aliphatic carbocycles. The van der Waals surface area contributed by atoms with E-state index >= 15 is 0 Å². The molecule has 18 heavy (non-hydrogen) atoms. The van der Waals surface area contributed by atoms with Crippen LogP contribution in [-0.4, -0.2) is 22.8 Å². The molecule has 3 rings (SSSR count). The number of aliphatic carboxylic acids is 1.